The van der Waals surface area contributed by atoms with Crippen LogP contribution in [0.3, 0.4) is 0 Å². The molecule has 3 heterocycles. The molecule has 0 bridgehead atoms. The predicted molar refractivity (Wildman–Crippen MR) is 111 cm³/mol. The molecule has 4 rings (SSSR count). The van der Waals surface area contributed by atoms with E-state index in [2.05, 4.69) is 16.3 Å². The fraction of sp³-hybridized carbons (Fsp3) is 0.381. The number of rotatable bonds is 5. The average Bonchev–Trinajstić information content (AvgIpc) is 2.87. The highest BCUT2D eigenvalue weighted by Gasteiger charge is 2.20. The van der Waals surface area contributed by atoms with Crippen molar-refractivity contribution in [1.82, 2.24) is 19.6 Å². The zero-order valence-corrected chi connectivity index (χ0v) is 16.7. The van der Waals surface area contributed by atoms with E-state index in [1.165, 1.54) is 6.07 Å². The Morgan fingerprint density at radius 1 is 1.24 bits per heavy atom. The molecule has 1 aliphatic heterocycles. The third-order valence-electron chi connectivity index (χ3n) is 5.39. The molecule has 8 heteroatoms. The van der Waals surface area contributed by atoms with E-state index in [0.717, 1.165) is 60.9 Å². The van der Waals surface area contributed by atoms with Gasteiger partial charge in [-0.2, -0.15) is 0 Å². The second-order valence-corrected chi connectivity index (χ2v) is 7.34. The van der Waals surface area contributed by atoms with Gasteiger partial charge in [0, 0.05) is 31.3 Å². The van der Waals surface area contributed by atoms with Crippen molar-refractivity contribution in [2.24, 2.45) is 0 Å². The summed E-state index contributed by atoms with van der Waals surface area (Å²) in [6.45, 7) is 6.56. The van der Waals surface area contributed by atoms with Crippen molar-refractivity contribution in [1.29, 1.82) is 0 Å². The number of benzene rings is 1. The van der Waals surface area contributed by atoms with Crippen LogP contribution in [0.25, 0.3) is 16.9 Å². The monoisotopic (exact) mass is 395 g/mol. The summed E-state index contributed by atoms with van der Waals surface area (Å²) in [7, 11) is 1.66. The largest absolute Gasteiger partial charge is 0.496 e. The fourth-order valence-electron chi connectivity index (χ4n) is 3.87. The standard InChI is InChI=1S/C21H25N5O3/c1-15-12-16(4-6-19(15)29-2)21-18(14-24-10-3-8-22-9-11-24)25-13-17(26(27)28)5-7-20(25)23-21/h4-7,12-13,22H,3,8-11,14H2,1-2H3. The number of nitrogens with one attached hydrogen (secondary N) is 1. The molecule has 152 valence electrons. The highest BCUT2D eigenvalue weighted by atomic mass is 16.6. The number of nitrogens with zero attached hydrogens (tertiary/aromatic N) is 4. The van der Waals surface area contributed by atoms with E-state index in [9.17, 15) is 10.1 Å². The highest BCUT2D eigenvalue weighted by Crippen LogP contribution is 2.30. The first-order chi connectivity index (χ1) is 14.1. The van der Waals surface area contributed by atoms with Gasteiger partial charge in [0.2, 0.25) is 0 Å². The molecule has 0 atom stereocenters. The zero-order valence-electron chi connectivity index (χ0n) is 16.7. The first-order valence-electron chi connectivity index (χ1n) is 9.80. The summed E-state index contributed by atoms with van der Waals surface area (Å²) in [5.74, 6) is 0.827. The van der Waals surface area contributed by atoms with Gasteiger partial charge in [0.15, 0.2) is 0 Å². The molecule has 1 fully saturated rings. The summed E-state index contributed by atoms with van der Waals surface area (Å²) in [4.78, 5) is 18.2. The molecule has 1 aromatic carbocycles. The van der Waals surface area contributed by atoms with Crippen LogP contribution in [0.1, 0.15) is 17.7 Å². The summed E-state index contributed by atoms with van der Waals surface area (Å²) in [5.41, 5.74) is 4.60. The van der Waals surface area contributed by atoms with Gasteiger partial charge < -0.3 is 10.1 Å². The van der Waals surface area contributed by atoms with Gasteiger partial charge in [-0.25, -0.2) is 4.98 Å². The van der Waals surface area contributed by atoms with Gasteiger partial charge in [0.05, 0.1) is 29.6 Å². The van der Waals surface area contributed by atoms with Crippen LogP contribution in [-0.4, -0.2) is 52.5 Å². The molecule has 0 spiro atoms. The predicted octanol–water partition coefficient (Wildman–Crippen LogP) is 3.02. The summed E-state index contributed by atoms with van der Waals surface area (Å²) in [5, 5.41) is 14.7. The van der Waals surface area contributed by atoms with Crippen LogP contribution < -0.4 is 10.1 Å². The number of aryl methyl sites for hydroxylation is 1. The number of fused-ring (bicyclic) bond motifs is 1. The summed E-state index contributed by atoms with van der Waals surface area (Å²) in [6, 6.07) is 9.21. The van der Waals surface area contributed by atoms with Gasteiger partial charge in [-0.15, -0.1) is 0 Å². The van der Waals surface area contributed by atoms with Crippen molar-refractivity contribution in [3.63, 3.8) is 0 Å². The van der Waals surface area contributed by atoms with Crippen LogP contribution in [0.5, 0.6) is 5.75 Å². The summed E-state index contributed by atoms with van der Waals surface area (Å²) < 4.78 is 7.25. The number of imidazole rings is 1. The number of aromatic nitrogens is 2. The lowest BCUT2D eigenvalue weighted by Gasteiger charge is -2.20. The first kappa shape index (κ1) is 19.4. The van der Waals surface area contributed by atoms with E-state index in [0.29, 0.717) is 12.2 Å². The van der Waals surface area contributed by atoms with E-state index in [1.807, 2.05) is 23.5 Å². The number of nitro groups is 1. The minimum absolute atomic E-state index is 0.0612. The van der Waals surface area contributed by atoms with Crippen molar-refractivity contribution < 1.29 is 9.66 Å². The van der Waals surface area contributed by atoms with Crippen LogP contribution in [-0.2, 0) is 6.54 Å². The topological polar surface area (TPSA) is 84.9 Å². The molecule has 2 aromatic heterocycles. The summed E-state index contributed by atoms with van der Waals surface area (Å²) in [6.07, 6.45) is 2.65. The summed E-state index contributed by atoms with van der Waals surface area (Å²) >= 11 is 0. The number of pyridine rings is 1. The lowest BCUT2D eigenvalue weighted by Crippen LogP contribution is -2.28. The number of hydrogen-bond acceptors (Lipinski definition) is 6. The Morgan fingerprint density at radius 3 is 2.86 bits per heavy atom. The Balaban J connectivity index is 1.83. The fourth-order valence-corrected chi connectivity index (χ4v) is 3.87. The molecule has 8 nitrogen and oxygen atoms in total. The minimum atomic E-state index is -0.365. The molecule has 29 heavy (non-hydrogen) atoms. The van der Waals surface area contributed by atoms with Gasteiger partial charge in [0.1, 0.15) is 11.4 Å². The van der Waals surface area contributed by atoms with Gasteiger partial charge in [-0.05, 0) is 56.3 Å². The van der Waals surface area contributed by atoms with Crippen LogP contribution in [0.2, 0.25) is 0 Å². The Labute approximate surface area is 169 Å². The Hall–Kier alpha value is -2.97. The van der Waals surface area contributed by atoms with E-state index >= 15 is 0 Å². The number of hydrogen-bond donors (Lipinski definition) is 1. The molecular weight excluding hydrogens is 370 g/mol. The third kappa shape index (κ3) is 3.94. The van der Waals surface area contributed by atoms with Gasteiger partial charge >= 0.3 is 0 Å². The average molecular weight is 395 g/mol. The normalized spacial score (nSPS) is 15.4. The quantitative estimate of drug-likeness (QED) is 0.528. The SMILES string of the molecule is COc1ccc(-c2nc3ccc([N+](=O)[O-])cn3c2CN2CCCNCC2)cc1C. The van der Waals surface area contributed by atoms with Crippen LogP contribution in [0, 0.1) is 17.0 Å². The van der Waals surface area contributed by atoms with Crippen LogP contribution in [0.4, 0.5) is 5.69 Å². The Morgan fingerprint density at radius 2 is 2.10 bits per heavy atom. The van der Waals surface area contributed by atoms with E-state index < -0.39 is 0 Å². The zero-order chi connectivity index (χ0) is 20.4. The maximum atomic E-state index is 11.3. The maximum absolute atomic E-state index is 11.3. The molecule has 3 aromatic rings. The Bertz CT molecular complexity index is 1040. The molecule has 0 saturated carbocycles. The molecule has 1 saturated heterocycles. The molecule has 1 aliphatic rings. The lowest BCUT2D eigenvalue weighted by atomic mass is 10.1. The number of ether oxygens (including phenoxy) is 1. The van der Waals surface area contributed by atoms with Crippen molar-refractivity contribution in [2.75, 3.05) is 33.3 Å². The van der Waals surface area contributed by atoms with Crippen molar-refractivity contribution in [3.05, 3.63) is 57.9 Å². The molecule has 1 N–H and O–H groups in total. The highest BCUT2D eigenvalue weighted by molar-refractivity contribution is 5.69. The second-order valence-electron chi connectivity index (χ2n) is 7.34. The van der Waals surface area contributed by atoms with Crippen molar-refractivity contribution in [3.8, 4) is 17.0 Å². The second kappa shape index (κ2) is 8.18. The van der Waals surface area contributed by atoms with E-state index in [-0.39, 0.29) is 10.6 Å². The van der Waals surface area contributed by atoms with Crippen LogP contribution in [0.15, 0.2) is 36.5 Å². The van der Waals surface area contributed by atoms with Crippen LogP contribution >= 0.6 is 0 Å². The Kier molecular flexibility index (Phi) is 5.46. The van der Waals surface area contributed by atoms with Crippen molar-refractivity contribution in [2.45, 2.75) is 19.9 Å². The maximum Gasteiger partial charge on any atom is 0.286 e. The molecule has 0 aliphatic carbocycles. The molecule has 0 unspecified atom stereocenters. The minimum Gasteiger partial charge on any atom is -0.496 e. The van der Waals surface area contributed by atoms with Gasteiger partial charge in [-0.3, -0.25) is 19.4 Å². The molecule has 0 radical (unpaired) electrons. The molecular formula is C21H25N5O3. The smallest absolute Gasteiger partial charge is 0.286 e. The van der Waals surface area contributed by atoms with Gasteiger partial charge in [-0.1, -0.05) is 0 Å². The molecule has 0 amide bonds. The van der Waals surface area contributed by atoms with E-state index in [1.54, 1.807) is 19.4 Å². The van der Waals surface area contributed by atoms with Gasteiger partial charge in [0.25, 0.3) is 5.69 Å². The third-order valence-corrected chi connectivity index (χ3v) is 5.39. The lowest BCUT2D eigenvalue weighted by molar-refractivity contribution is -0.385. The number of methoxy groups -OCH3 is 1. The van der Waals surface area contributed by atoms with Crippen molar-refractivity contribution >= 4 is 11.3 Å². The van der Waals surface area contributed by atoms with E-state index in [4.69, 9.17) is 9.72 Å². The first-order valence-corrected chi connectivity index (χ1v) is 9.80.